The number of alkyl halides is 3. The summed E-state index contributed by atoms with van der Waals surface area (Å²) in [6.07, 6.45) is -7.44. The molecule has 0 aliphatic carbocycles. The van der Waals surface area contributed by atoms with Crippen LogP contribution in [-0.2, 0) is 4.79 Å². The summed E-state index contributed by atoms with van der Waals surface area (Å²) in [7, 11) is 0. The summed E-state index contributed by atoms with van der Waals surface area (Å²) in [5.74, 6) is -0.176. The van der Waals surface area contributed by atoms with Crippen molar-refractivity contribution in [2.24, 2.45) is 0 Å². The van der Waals surface area contributed by atoms with E-state index >= 15 is 0 Å². The van der Waals surface area contributed by atoms with Crippen LogP contribution < -0.4 is 15.8 Å². The number of nitrogens with two attached hydrogens (primary N) is 1. The van der Waals surface area contributed by atoms with Crippen molar-refractivity contribution in [3.8, 4) is 5.75 Å². The minimum atomic E-state index is -4.74. The number of carbonyl (C=O) groups excluding carboxylic acids is 1. The van der Waals surface area contributed by atoms with Crippen LogP contribution in [0.3, 0.4) is 0 Å². The van der Waals surface area contributed by atoms with Crippen molar-refractivity contribution < 1.29 is 27.8 Å². The van der Waals surface area contributed by atoms with E-state index in [-0.39, 0.29) is 13.0 Å². The molecule has 1 unspecified atom stereocenters. The highest BCUT2D eigenvalue weighted by molar-refractivity contribution is 5.76. The summed E-state index contributed by atoms with van der Waals surface area (Å²) in [6, 6.07) is 6.54. The van der Waals surface area contributed by atoms with Crippen molar-refractivity contribution in [1.82, 2.24) is 5.32 Å². The van der Waals surface area contributed by atoms with E-state index in [2.05, 4.69) is 0 Å². The number of halogens is 3. The van der Waals surface area contributed by atoms with Crippen LogP contribution in [0, 0.1) is 0 Å². The highest BCUT2D eigenvalue weighted by Gasteiger charge is 2.38. The number of rotatable bonds is 6. The molecule has 0 aliphatic rings. The third-order valence-electron chi connectivity index (χ3n) is 2.33. The van der Waals surface area contributed by atoms with Crippen LogP contribution in [0.15, 0.2) is 24.3 Å². The van der Waals surface area contributed by atoms with E-state index < -0.39 is 24.7 Å². The predicted octanol–water partition coefficient (Wildman–Crippen LogP) is 1.08. The van der Waals surface area contributed by atoms with Gasteiger partial charge in [-0.2, -0.15) is 13.2 Å². The first-order chi connectivity index (χ1) is 9.29. The third kappa shape index (κ3) is 5.79. The van der Waals surface area contributed by atoms with E-state index in [4.69, 9.17) is 15.6 Å². The molecular weight excluding hydrogens is 277 g/mol. The van der Waals surface area contributed by atoms with Crippen LogP contribution in [0.25, 0.3) is 0 Å². The molecule has 8 heteroatoms. The molecular formula is C12H15F3N2O3. The van der Waals surface area contributed by atoms with Crippen molar-refractivity contribution in [3.63, 3.8) is 0 Å². The monoisotopic (exact) mass is 292 g/mol. The van der Waals surface area contributed by atoms with Gasteiger partial charge < -0.3 is 20.9 Å². The number of anilines is 1. The topological polar surface area (TPSA) is 84.6 Å². The fourth-order valence-corrected chi connectivity index (χ4v) is 1.28. The van der Waals surface area contributed by atoms with Crippen LogP contribution in [0.2, 0.25) is 0 Å². The second-order valence-electron chi connectivity index (χ2n) is 4.03. The number of hydrogen-bond donors (Lipinski definition) is 3. The fraction of sp³-hybridized carbons (Fsp3) is 0.417. The second-order valence-corrected chi connectivity index (χ2v) is 4.03. The summed E-state index contributed by atoms with van der Waals surface area (Å²) in [4.78, 5) is 11.2. The number of aliphatic hydroxyl groups excluding tert-OH is 1. The Hall–Kier alpha value is -1.96. The molecule has 1 amide bonds. The molecule has 1 atom stereocenters. The first-order valence-electron chi connectivity index (χ1n) is 5.79. The molecule has 112 valence electrons. The standard InChI is InChI=1S/C12H15F3N2O3/c13-12(14,15)10(18)7-17-11(19)4-5-20-9-3-1-2-8(16)6-9/h1-3,6,10,18H,4-5,7,16H2,(H,17,19). The van der Waals surface area contributed by atoms with E-state index in [9.17, 15) is 18.0 Å². The van der Waals surface area contributed by atoms with Crippen LogP contribution in [-0.4, -0.2) is 36.4 Å². The molecule has 4 N–H and O–H groups in total. The number of hydrogen-bond acceptors (Lipinski definition) is 4. The Kier molecular flexibility index (Phi) is 5.63. The molecule has 1 rings (SSSR count). The van der Waals surface area contributed by atoms with Gasteiger partial charge >= 0.3 is 6.18 Å². The Balaban J connectivity index is 2.24. The van der Waals surface area contributed by atoms with Crippen molar-refractivity contribution >= 4 is 11.6 Å². The van der Waals surface area contributed by atoms with Crippen molar-refractivity contribution in [2.75, 3.05) is 18.9 Å². The van der Waals surface area contributed by atoms with Gasteiger partial charge in [-0.15, -0.1) is 0 Å². The Morgan fingerprint density at radius 3 is 2.75 bits per heavy atom. The van der Waals surface area contributed by atoms with Gasteiger partial charge in [0, 0.05) is 11.8 Å². The molecule has 5 nitrogen and oxygen atoms in total. The van der Waals surface area contributed by atoms with Gasteiger partial charge in [-0.25, -0.2) is 0 Å². The molecule has 0 heterocycles. The first-order valence-corrected chi connectivity index (χ1v) is 5.79. The lowest BCUT2D eigenvalue weighted by Crippen LogP contribution is -2.40. The minimum absolute atomic E-state index is 0.00258. The Morgan fingerprint density at radius 2 is 2.15 bits per heavy atom. The molecule has 0 fully saturated rings. The molecule has 20 heavy (non-hydrogen) atoms. The predicted molar refractivity (Wildman–Crippen MR) is 66.0 cm³/mol. The zero-order chi connectivity index (χ0) is 15.2. The average molecular weight is 292 g/mol. The quantitative estimate of drug-likeness (QED) is 0.685. The fourth-order valence-electron chi connectivity index (χ4n) is 1.28. The Labute approximate surface area is 113 Å². The normalized spacial score (nSPS) is 12.8. The SMILES string of the molecule is Nc1cccc(OCCC(=O)NCC(O)C(F)(F)F)c1. The third-order valence-corrected chi connectivity index (χ3v) is 2.33. The smallest absolute Gasteiger partial charge is 0.416 e. The maximum atomic E-state index is 12.0. The Bertz CT molecular complexity index is 452. The molecule has 1 aromatic carbocycles. The molecule has 0 saturated heterocycles. The summed E-state index contributed by atoms with van der Waals surface area (Å²) >= 11 is 0. The van der Waals surface area contributed by atoms with Gasteiger partial charge in [-0.3, -0.25) is 4.79 Å². The first kappa shape index (κ1) is 16.1. The number of carbonyl (C=O) groups is 1. The van der Waals surface area contributed by atoms with Crippen LogP contribution in [0.1, 0.15) is 6.42 Å². The summed E-state index contributed by atoms with van der Waals surface area (Å²) in [5.41, 5.74) is 6.02. The van der Waals surface area contributed by atoms with E-state index in [1.54, 1.807) is 24.3 Å². The molecule has 0 saturated carbocycles. The maximum Gasteiger partial charge on any atom is 0.416 e. The van der Waals surface area contributed by atoms with Crippen molar-refractivity contribution in [3.05, 3.63) is 24.3 Å². The lowest BCUT2D eigenvalue weighted by molar-refractivity contribution is -0.201. The summed E-state index contributed by atoms with van der Waals surface area (Å²) in [5, 5.41) is 10.7. The lowest BCUT2D eigenvalue weighted by Gasteiger charge is -2.15. The van der Waals surface area contributed by atoms with Crippen LogP contribution in [0.4, 0.5) is 18.9 Å². The maximum absolute atomic E-state index is 12.0. The lowest BCUT2D eigenvalue weighted by atomic mass is 10.3. The summed E-state index contributed by atoms with van der Waals surface area (Å²) < 4.78 is 41.1. The van der Waals surface area contributed by atoms with Gasteiger partial charge in [0.05, 0.1) is 19.6 Å². The second kappa shape index (κ2) is 6.99. The van der Waals surface area contributed by atoms with E-state index in [1.807, 2.05) is 5.32 Å². The van der Waals surface area contributed by atoms with E-state index in [1.165, 1.54) is 0 Å². The van der Waals surface area contributed by atoms with Gasteiger partial charge in [-0.1, -0.05) is 6.07 Å². The molecule has 0 aliphatic heterocycles. The molecule has 0 aromatic heterocycles. The number of amides is 1. The highest BCUT2D eigenvalue weighted by atomic mass is 19.4. The van der Waals surface area contributed by atoms with Gasteiger partial charge in [-0.05, 0) is 12.1 Å². The largest absolute Gasteiger partial charge is 0.493 e. The Morgan fingerprint density at radius 1 is 1.45 bits per heavy atom. The zero-order valence-corrected chi connectivity index (χ0v) is 10.5. The average Bonchev–Trinajstić information content (AvgIpc) is 2.35. The number of nitrogens with one attached hydrogen (secondary N) is 1. The van der Waals surface area contributed by atoms with Crippen LogP contribution in [0.5, 0.6) is 5.75 Å². The highest BCUT2D eigenvalue weighted by Crippen LogP contribution is 2.19. The molecule has 0 spiro atoms. The zero-order valence-electron chi connectivity index (χ0n) is 10.5. The van der Waals surface area contributed by atoms with E-state index in [0.29, 0.717) is 11.4 Å². The number of ether oxygens (including phenoxy) is 1. The minimum Gasteiger partial charge on any atom is -0.493 e. The number of nitrogen functional groups attached to an aromatic ring is 1. The van der Waals surface area contributed by atoms with Crippen molar-refractivity contribution in [1.29, 1.82) is 0 Å². The van der Waals surface area contributed by atoms with Crippen LogP contribution >= 0.6 is 0 Å². The molecule has 0 bridgehead atoms. The molecule has 1 aromatic rings. The van der Waals surface area contributed by atoms with Gasteiger partial charge in [0.25, 0.3) is 0 Å². The molecule has 0 radical (unpaired) electrons. The van der Waals surface area contributed by atoms with Crippen molar-refractivity contribution in [2.45, 2.75) is 18.7 Å². The summed E-state index contributed by atoms with van der Waals surface area (Å²) in [6.45, 7) is -0.877. The van der Waals surface area contributed by atoms with E-state index in [0.717, 1.165) is 0 Å². The van der Waals surface area contributed by atoms with Gasteiger partial charge in [0.1, 0.15) is 5.75 Å². The van der Waals surface area contributed by atoms with Gasteiger partial charge in [0.2, 0.25) is 5.91 Å². The number of aliphatic hydroxyl groups is 1. The van der Waals surface area contributed by atoms with Gasteiger partial charge in [0.15, 0.2) is 6.10 Å². The number of benzene rings is 1.